The maximum Gasteiger partial charge on any atom is 0.246 e. The summed E-state index contributed by atoms with van der Waals surface area (Å²) in [4.78, 5) is 31.8. The summed E-state index contributed by atoms with van der Waals surface area (Å²) in [7, 11) is 3.64. The highest BCUT2D eigenvalue weighted by Crippen LogP contribution is 2.26. The quantitative estimate of drug-likeness (QED) is 0.445. The summed E-state index contributed by atoms with van der Waals surface area (Å²) in [6.45, 7) is 10.4. The maximum atomic E-state index is 12.7. The van der Waals surface area contributed by atoms with Crippen LogP contribution in [0.1, 0.15) is 24.2 Å². The Balaban J connectivity index is 1.56. The van der Waals surface area contributed by atoms with E-state index in [0.717, 1.165) is 32.7 Å². The first-order valence-corrected chi connectivity index (χ1v) is 11.2. The second-order valence-corrected chi connectivity index (χ2v) is 8.61. The van der Waals surface area contributed by atoms with Crippen LogP contribution in [0.3, 0.4) is 0 Å². The number of likely N-dealkylation sites (N-methyl/N-ethyl adjacent to an activating group) is 1. The molecule has 32 heavy (non-hydrogen) atoms. The van der Waals surface area contributed by atoms with Crippen LogP contribution in [0.5, 0.6) is 11.5 Å². The molecule has 0 saturated carbocycles. The van der Waals surface area contributed by atoms with E-state index in [1.165, 1.54) is 19.3 Å². The van der Waals surface area contributed by atoms with Gasteiger partial charge in [-0.25, -0.2) is 0 Å². The minimum Gasteiger partial charge on any atom is -0.496 e. The molecule has 2 fully saturated rings. The molecule has 0 spiro atoms. The molecule has 1 atom stereocenters. The number of ether oxygens (including phenoxy) is 3. The zero-order chi connectivity index (χ0) is 23.1. The number of nitrogens with zero attached hydrogens (tertiary/aromatic N) is 3. The van der Waals surface area contributed by atoms with Gasteiger partial charge in [0, 0.05) is 58.0 Å². The summed E-state index contributed by atoms with van der Waals surface area (Å²) in [5, 5.41) is 0. The highest BCUT2D eigenvalue weighted by atomic mass is 16.5. The fourth-order valence-corrected chi connectivity index (χ4v) is 3.91. The van der Waals surface area contributed by atoms with Crippen LogP contribution in [-0.2, 0) is 9.53 Å². The summed E-state index contributed by atoms with van der Waals surface area (Å²) in [5.41, 5.74) is 0.391. The minimum atomic E-state index is -0.284. The summed E-state index contributed by atoms with van der Waals surface area (Å²) < 4.78 is 16.9. The molecule has 0 bridgehead atoms. The van der Waals surface area contributed by atoms with Crippen LogP contribution in [0, 0.1) is 0 Å². The van der Waals surface area contributed by atoms with E-state index in [9.17, 15) is 9.59 Å². The normalized spacial score (nSPS) is 20.7. The third-order valence-corrected chi connectivity index (χ3v) is 5.70. The van der Waals surface area contributed by atoms with Crippen LogP contribution < -0.4 is 9.47 Å². The standard InChI is InChI=1S/C24H35N3O5/c1-18(2)32-19-5-6-21(23(15-19)30-4)22(28)7-8-24(29)27-13-14-31-20(17-27)16-26-11-9-25(3)10-12-26/h5-8,15,18,20H,9-14,16-17H2,1-4H3. The van der Waals surface area contributed by atoms with Crippen molar-refractivity contribution in [1.82, 2.24) is 14.7 Å². The van der Waals surface area contributed by atoms with E-state index in [0.29, 0.717) is 36.8 Å². The number of methoxy groups -OCH3 is 1. The number of morpholine rings is 1. The first-order valence-electron chi connectivity index (χ1n) is 11.2. The van der Waals surface area contributed by atoms with Gasteiger partial charge in [0.25, 0.3) is 0 Å². The molecule has 1 amide bonds. The molecule has 2 aliphatic rings. The SMILES string of the molecule is COc1cc(OC(C)C)ccc1C(=O)C=CC(=O)N1CCOC(CN2CCN(C)CC2)C1. The van der Waals surface area contributed by atoms with Crippen LogP contribution in [0.15, 0.2) is 30.4 Å². The van der Waals surface area contributed by atoms with Gasteiger partial charge >= 0.3 is 0 Å². The van der Waals surface area contributed by atoms with Crippen molar-refractivity contribution >= 4 is 11.7 Å². The maximum absolute atomic E-state index is 12.7. The van der Waals surface area contributed by atoms with E-state index in [-0.39, 0.29) is 23.9 Å². The highest BCUT2D eigenvalue weighted by molar-refractivity contribution is 6.09. The molecule has 0 aromatic heterocycles. The highest BCUT2D eigenvalue weighted by Gasteiger charge is 2.26. The fraction of sp³-hybridized carbons (Fsp3) is 0.583. The van der Waals surface area contributed by atoms with Crippen molar-refractivity contribution < 1.29 is 23.8 Å². The summed E-state index contributed by atoms with van der Waals surface area (Å²) in [5.74, 6) is 0.592. The number of piperazine rings is 1. The average molecular weight is 446 g/mol. The second-order valence-electron chi connectivity index (χ2n) is 8.61. The number of amides is 1. The molecule has 2 heterocycles. The van der Waals surface area contributed by atoms with Crippen molar-refractivity contribution in [3.63, 3.8) is 0 Å². The molecule has 176 valence electrons. The van der Waals surface area contributed by atoms with Gasteiger partial charge in [-0.3, -0.25) is 14.5 Å². The lowest BCUT2D eigenvalue weighted by atomic mass is 10.1. The van der Waals surface area contributed by atoms with E-state index in [1.807, 2.05) is 13.8 Å². The van der Waals surface area contributed by atoms with E-state index >= 15 is 0 Å². The van der Waals surface area contributed by atoms with Crippen molar-refractivity contribution in [3.8, 4) is 11.5 Å². The van der Waals surface area contributed by atoms with Gasteiger partial charge in [0.15, 0.2) is 5.78 Å². The molecule has 1 unspecified atom stereocenters. The zero-order valence-corrected chi connectivity index (χ0v) is 19.6. The first kappa shape index (κ1) is 24.2. The third kappa shape index (κ3) is 6.79. The lowest BCUT2D eigenvalue weighted by molar-refractivity contribution is -0.134. The van der Waals surface area contributed by atoms with E-state index in [2.05, 4.69) is 16.8 Å². The Bertz CT molecular complexity index is 818. The topological polar surface area (TPSA) is 71.5 Å². The predicted molar refractivity (Wildman–Crippen MR) is 122 cm³/mol. The van der Waals surface area contributed by atoms with E-state index < -0.39 is 0 Å². The molecule has 8 heteroatoms. The number of benzene rings is 1. The van der Waals surface area contributed by atoms with Crippen molar-refractivity contribution in [2.75, 3.05) is 66.6 Å². The number of rotatable bonds is 8. The number of allylic oxidation sites excluding steroid dienone is 1. The van der Waals surface area contributed by atoms with Gasteiger partial charge in [-0.1, -0.05) is 0 Å². The van der Waals surface area contributed by atoms with Crippen molar-refractivity contribution in [2.24, 2.45) is 0 Å². The van der Waals surface area contributed by atoms with Gasteiger partial charge in [0.05, 0.1) is 31.5 Å². The summed E-state index contributed by atoms with van der Waals surface area (Å²) in [6.07, 6.45) is 2.67. The van der Waals surface area contributed by atoms with E-state index in [1.54, 1.807) is 23.1 Å². The molecule has 8 nitrogen and oxygen atoms in total. The van der Waals surface area contributed by atoms with Crippen LogP contribution in [0.2, 0.25) is 0 Å². The molecule has 2 aliphatic heterocycles. The average Bonchev–Trinajstić information content (AvgIpc) is 2.78. The number of hydrogen-bond donors (Lipinski definition) is 0. The minimum absolute atomic E-state index is 0.00574. The zero-order valence-electron chi connectivity index (χ0n) is 19.6. The Labute approximate surface area is 190 Å². The van der Waals surface area contributed by atoms with Gasteiger partial charge in [-0.15, -0.1) is 0 Å². The van der Waals surface area contributed by atoms with Gasteiger partial charge in [-0.05, 0) is 39.1 Å². The fourth-order valence-electron chi connectivity index (χ4n) is 3.91. The van der Waals surface area contributed by atoms with Crippen molar-refractivity contribution in [1.29, 1.82) is 0 Å². The monoisotopic (exact) mass is 445 g/mol. The van der Waals surface area contributed by atoms with E-state index in [4.69, 9.17) is 14.2 Å². The summed E-state index contributed by atoms with van der Waals surface area (Å²) >= 11 is 0. The Morgan fingerprint density at radius 2 is 1.91 bits per heavy atom. The summed E-state index contributed by atoms with van der Waals surface area (Å²) in [6, 6.07) is 5.08. The van der Waals surface area contributed by atoms with Crippen LogP contribution in [0.25, 0.3) is 0 Å². The Hall–Kier alpha value is -2.42. The molecule has 0 radical (unpaired) electrons. The van der Waals surface area contributed by atoms with Gasteiger partial charge < -0.3 is 24.0 Å². The molecule has 1 aromatic carbocycles. The first-order chi connectivity index (χ1) is 15.4. The molecule has 0 N–H and O–H groups in total. The Kier molecular flexibility index (Phi) is 8.67. The molecular weight excluding hydrogens is 410 g/mol. The van der Waals surface area contributed by atoms with Crippen LogP contribution >= 0.6 is 0 Å². The van der Waals surface area contributed by atoms with Gasteiger partial charge in [0.2, 0.25) is 5.91 Å². The van der Waals surface area contributed by atoms with Gasteiger partial charge in [0.1, 0.15) is 11.5 Å². The lowest BCUT2D eigenvalue weighted by Gasteiger charge is -2.38. The molecule has 1 aromatic rings. The smallest absolute Gasteiger partial charge is 0.246 e. The molecule has 0 aliphatic carbocycles. The number of hydrogen-bond acceptors (Lipinski definition) is 7. The van der Waals surface area contributed by atoms with Crippen molar-refractivity contribution in [3.05, 3.63) is 35.9 Å². The third-order valence-electron chi connectivity index (χ3n) is 5.70. The molecular formula is C24H35N3O5. The number of carbonyl (C=O) groups excluding carboxylic acids is 2. The number of ketones is 1. The van der Waals surface area contributed by atoms with Crippen LogP contribution in [0.4, 0.5) is 0 Å². The lowest BCUT2D eigenvalue weighted by Crippen LogP contribution is -2.52. The predicted octanol–water partition coefficient (Wildman–Crippen LogP) is 1.70. The van der Waals surface area contributed by atoms with Gasteiger partial charge in [-0.2, -0.15) is 0 Å². The largest absolute Gasteiger partial charge is 0.496 e. The second kappa shape index (κ2) is 11.4. The van der Waals surface area contributed by atoms with Crippen LogP contribution in [-0.4, -0.2) is 105 Å². The number of carbonyl (C=O) groups is 2. The Morgan fingerprint density at radius 3 is 2.59 bits per heavy atom. The Morgan fingerprint density at radius 1 is 1.16 bits per heavy atom. The molecule has 2 saturated heterocycles. The molecule has 3 rings (SSSR count). The van der Waals surface area contributed by atoms with Crippen molar-refractivity contribution in [2.45, 2.75) is 26.1 Å².